The topological polar surface area (TPSA) is 60.8 Å². The van der Waals surface area contributed by atoms with E-state index in [0.717, 1.165) is 4.90 Å². The molecule has 0 spiro atoms. The van der Waals surface area contributed by atoms with Crippen molar-refractivity contribution in [3.8, 4) is 0 Å². The number of aliphatic hydroxyl groups is 1. The highest BCUT2D eigenvalue weighted by Gasteiger charge is 2.33. The van der Waals surface area contributed by atoms with Crippen LogP contribution in [0.2, 0.25) is 5.02 Å². The van der Waals surface area contributed by atoms with E-state index in [1.807, 2.05) is 0 Å². The van der Waals surface area contributed by atoms with Crippen LogP contribution in [0, 0.1) is 5.82 Å². The average molecular weight is 274 g/mol. The maximum absolute atomic E-state index is 13.7. The van der Waals surface area contributed by atoms with E-state index in [9.17, 15) is 14.3 Å². The summed E-state index contributed by atoms with van der Waals surface area (Å²) in [5.74, 6) is -0.926. The quantitative estimate of drug-likeness (QED) is 0.825. The number of hydrogen-bond acceptors (Lipinski definition) is 2. The second-order valence-electron chi connectivity index (χ2n) is 4.33. The van der Waals surface area contributed by atoms with Crippen molar-refractivity contribution in [2.45, 2.75) is 18.4 Å². The first-order chi connectivity index (χ1) is 8.50. The van der Waals surface area contributed by atoms with Gasteiger partial charge in [0, 0.05) is 23.0 Å². The third kappa shape index (κ3) is 2.42. The second-order valence-corrected chi connectivity index (χ2v) is 4.73. The first-order valence-corrected chi connectivity index (χ1v) is 5.98. The van der Waals surface area contributed by atoms with Gasteiger partial charge >= 0.3 is 6.09 Å². The maximum Gasteiger partial charge on any atom is 0.407 e. The summed E-state index contributed by atoms with van der Waals surface area (Å²) in [6.07, 6.45) is -1.66. The zero-order valence-corrected chi connectivity index (χ0v) is 10.3. The summed E-state index contributed by atoms with van der Waals surface area (Å²) >= 11 is 5.95. The number of carbonyl (C=O) groups is 1. The van der Waals surface area contributed by atoms with E-state index in [1.54, 1.807) is 6.07 Å². The highest BCUT2D eigenvalue weighted by atomic mass is 35.5. The molecule has 1 aromatic carbocycles. The molecule has 0 radical (unpaired) electrons. The van der Waals surface area contributed by atoms with E-state index < -0.39 is 23.9 Å². The van der Waals surface area contributed by atoms with Crippen molar-refractivity contribution in [2.24, 2.45) is 0 Å². The van der Waals surface area contributed by atoms with Crippen LogP contribution in [0.1, 0.15) is 17.9 Å². The van der Waals surface area contributed by atoms with Crippen molar-refractivity contribution >= 4 is 17.7 Å². The molecular formula is C12H13ClFNO3. The van der Waals surface area contributed by atoms with Crippen LogP contribution < -0.4 is 0 Å². The van der Waals surface area contributed by atoms with Crippen LogP contribution in [0.5, 0.6) is 0 Å². The largest absolute Gasteiger partial charge is 0.465 e. The lowest BCUT2D eigenvalue weighted by atomic mass is 9.87. The summed E-state index contributed by atoms with van der Waals surface area (Å²) in [4.78, 5) is 11.9. The van der Waals surface area contributed by atoms with Gasteiger partial charge in [-0.25, -0.2) is 9.18 Å². The Morgan fingerprint density at radius 2 is 2.22 bits per heavy atom. The minimum absolute atomic E-state index is 0.0232. The normalized spacial score (nSPS) is 24.1. The monoisotopic (exact) mass is 273 g/mol. The second kappa shape index (κ2) is 5.12. The van der Waals surface area contributed by atoms with Gasteiger partial charge in [-0.15, -0.1) is 0 Å². The van der Waals surface area contributed by atoms with Gasteiger partial charge in [0.15, 0.2) is 0 Å². The third-order valence-corrected chi connectivity index (χ3v) is 3.55. The number of nitrogens with zero attached hydrogens (tertiary/aromatic N) is 1. The Kier molecular flexibility index (Phi) is 3.73. The molecule has 2 N–H and O–H groups in total. The molecule has 0 aliphatic carbocycles. The molecule has 1 amide bonds. The molecule has 98 valence electrons. The highest BCUT2D eigenvalue weighted by molar-refractivity contribution is 6.31. The highest BCUT2D eigenvalue weighted by Crippen LogP contribution is 2.34. The van der Waals surface area contributed by atoms with Crippen molar-refractivity contribution in [1.82, 2.24) is 4.90 Å². The number of amides is 1. The molecule has 1 saturated heterocycles. The molecular weight excluding hydrogens is 261 g/mol. The molecule has 1 aliphatic rings. The molecule has 18 heavy (non-hydrogen) atoms. The van der Waals surface area contributed by atoms with Crippen molar-refractivity contribution in [1.29, 1.82) is 0 Å². The van der Waals surface area contributed by atoms with Crippen LogP contribution in [0.25, 0.3) is 0 Å². The molecule has 1 heterocycles. The zero-order chi connectivity index (χ0) is 13.3. The molecule has 1 fully saturated rings. The zero-order valence-electron chi connectivity index (χ0n) is 9.51. The van der Waals surface area contributed by atoms with Crippen molar-refractivity contribution in [3.05, 3.63) is 34.6 Å². The number of halogens is 2. The van der Waals surface area contributed by atoms with Crippen molar-refractivity contribution in [3.63, 3.8) is 0 Å². The van der Waals surface area contributed by atoms with Gasteiger partial charge < -0.3 is 15.1 Å². The number of likely N-dealkylation sites (tertiary alicyclic amines) is 1. The van der Waals surface area contributed by atoms with E-state index in [2.05, 4.69) is 0 Å². The van der Waals surface area contributed by atoms with Gasteiger partial charge in [-0.1, -0.05) is 17.7 Å². The van der Waals surface area contributed by atoms with E-state index >= 15 is 0 Å². The first-order valence-electron chi connectivity index (χ1n) is 5.60. The summed E-state index contributed by atoms with van der Waals surface area (Å²) in [5, 5.41) is 19.1. The molecule has 6 heteroatoms. The summed E-state index contributed by atoms with van der Waals surface area (Å²) in [5.41, 5.74) is 0.275. The average Bonchev–Trinajstić information content (AvgIpc) is 2.30. The van der Waals surface area contributed by atoms with Gasteiger partial charge in [0.25, 0.3) is 0 Å². The Labute approximate surface area is 109 Å². The Morgan fingerprint density at radius 1 is 1.50 bits per heavy atom. The SMILES string of the molecule is O=C(O)N1CCC(c2c(F)cccc2Cl)C(O)C1. The van der Waals surface area contributed by atoms with Gasteiger partial charge in [0.05, 0.1) is 12.6 Å². The Hall–Kier alpha value is -1.33. The molecule has 0 saturated carbocycles. The lowest BCUT2D eigenvalue weighted by Crippen LogP contribution is -2.45. The van der Waals surface area contributed by atoms with Crippen LogP contribution in [0.3, 0.4) is 0 Å². The number of benzene rings is 1. The van der Waals surface area contributed by atoms with Crippen molar-refractivity contribution in [2.75, 3.05) is 13.1 Å². The summed E-state index contributed by atoms with van der Waals surface area (Å²) in [7, 11) is 0. The number of β-amino-alcohol motifs (C(OH)–C–C–N with tert-alkyl or cyclic N) is 1. The Balaban J connectivity index is 2.23. The molecule has 2 atom stereocenters. The van der Waals surface area contributed by atoms with Crippen LogP contribution in [0.15, 0.2) is 18.2 Å². The van der Waals surface area contributed by atoms with E-state index in [0.29, 0.717) is 6.42 Å². The van der Waals surface area contributed by atoms with Crippen LogP contribution in [0.4, 0.5) is 9.18 Å². The van der Waals surface area contributed by atoms with Gasteiger partial charge in [0.2, 0.25) is 0 Å². The number of hydrogen-bond donors (Lipinski definition) is 2. The van der Waals surface area contributed by atoms with E-state index in [-0.39, 0.29) is 23.7 Å². The summed E-state index contributed by atoms with van der Waals surface area (Å²) in [6.45, 7) is 0.242. The fourth-order valence-electron chi connectivity index (χ4n) is 2.31. The molecule has 2 rings (SSSR count). The van der Waals surface area contributed by atoms with E-state index in [4.69, 9.17) is 16.7 Å². The number of aliphatic hydroxyl groups excluding tert-OH is 1. The summed E-state index contributed by atoms with van der Waals surface area (Å²) < 4.78 is 13.7. The molecule has 2 unspecified atom stereocenters. The lowest BCUT2D eigenvalue weighted by Gasteiger charge is -2.35. The van der Waals surface area contributed by atoms with Gasteiger partial charge in [-0.05, 0) is 18.6 Å². The fourth-order valence-corrected chi connectivity index (χ4v) is 2.61. The molecule has 0 bridgehead atoms. The number of piperidine rings is 1. The molecule has 0 aromatic heterocycles. The van der Waals surface area contributed by atoms with Crippen LogP contribution in [-0.4, -0.2) is 40.4 Å². The van der Waals surface area contributed by atoms with Gasteiger partial charge in [-0.3, -0.25) is 0 Å². The molecule has 4 nitrogen and oxygen atoms in total. The predicted molar refractivity (Wildman–Crippen MR) is 64.4 cm³/mol. The van der Waals surface area contributed by atoms with Gasteiger partial charge in [-0.2, -0.15) is 0 Å². The van der Waals surface area contributed by atoms with E-state index in [1.165, 1.54) is 12.1 Å². The molecule has 1 aromatic rings. The predicted octanol–water partition coefficient (Wildman–Crippen LogP) is 2.31. The van der Waals surface area contributed by atoms with Gasteiger partial charge in [0.1, 0.15) is 5.82 Å². The standard InChI is InChI=1S/C12H13ClFNO3/c13-8-2-1-3-9(14)11(8)7-4-5-15(12(17)18)6-10(7)16/h1-3,7,10,16H,4-6H2,(H,17,18). The smallest absolute Gasteiger partial charge is 0.407 e. The van der Waals surface area contributed by atoms with Crippen LogP contribution in [-0.2, 0) is 0 Å². The third-order valence-electron chi connectivity index (χ3n) is 3.22. The minimum atomic E-state index is -1.08. The Morgan fingerprint density at radius 3 is 2.78 bits per heavy atom. The van der Waals surface area contributed by atoms with Crippen molar-refractivity contribution < 1.29 is 19.4 Å². The first kappa shape index (κ1) is 13.1. The molecule has 1 aliphatic heterocycles. The number of carboxylic acid groups (broad SMARTS) is 1. The number of rotatable bonds is 1. The fraction of sp³-hybridized carbons (Fsp3) is 0.417. The van der Waals surface area contributed by atoms with Crippen LogP contribution >= 0.6 is 11.6 Å². The minimum Gasteiger partial charge on any atom is -0.465 e. The Bertz CT molecular complexity index is 448. The maximum atomic E-state index is 13.7. The summed E-state index contributed by atoms with van der Waals surface area (Å²) in [6, 6.07) is 4.35. The lowest BCUT2D eigenvalue weighted by molar-refractivity contribution is 0.0495.